The summed E-state index contributed by atoms with van der Waals surface area (Å²) >= 11 is 0. The number of rotatable bonds is 22. The Bertz CT molecular complexity index is 327. The van der Waals surface area contributed by atoms with E-state index < -0.39 is 0 Å². The molecule has 0 aliphatic heterocycles. The summed E-state index contributed by atoms with van der Waals surface area (Å²) in [6, 6.07) is 0. The van der Waals surface area contributed by atoms with Crippen molar-refractivity contribution in [2.75, 3.05) is 6.61 Å². The van der Waals surface area contributed by atoms with E-state index in [1.165, 1.54) is 109 Å². The fourth-order valence-electron chi connectivity index (χ4n) is 5.58. The fraction of sp³-hybridized carbons (Fsp3) is 1.00. The van der Waals surface area contributed by atoms with Crippen LogP contribution in [0.5, 0.6) is 0 Å². The normalized spacial score (nSPS) is 12.6. The summed E-state index contributed by atoms with van der Waals surface area (Å²) in [5, 5.41) is 0. The minimum Gasteiger partial charge on any atom is -0.374 e. The van der Waals surface area contributed by atoms with Gasteiger partial charge in [0, 0.05) is 6.61 Å². The minimum absolute atomic E-state index is 0.0844. The Morgan fingerprint density at radius 2 is 0.862 bits per heavy atom. The van der Waals surface area contributed by atoms with Gasteiger partial charge < -0.3 is 4.74 Å². The van der Waals surface area contributed by atoms with E-state index in [-0.39, 0.29) is 5.60 Å². The van der Waals surface area contributed by atoms with Crippen LogP contribution in [-0.2, 0) is 4.74 Å². The van der Waals surface area contributed by atoms with Crippen molar-refractivity contribution in [3.05, 3.63) is 0 Å². The molecule has 176 valence electrons. The molecule has 0 aromatic carbocycles. The van der Waals surface area contributed by atoms with Crippen LogP contribution < -0.4 is 0 Å². The van der Waals surface area contributed by atoms with E-state index in [4.69, 9.17) is 4.74 Å². The first kappa shape index (κ1) is 29.0. The number of hydrogen-bond donors (Lipinski definition) is 0. The molecule has 0 fully saturated rings. The summed E-state index contributed by atoms with van der Waals surface area (Å²) in [7, 11) is 0. The first-order chi connectivity index (χ1) is 14.1. The Balaban J connectivity index is 4.53. The van der Waals surface area contributed by atoms with Crippen LogP contribution in [0.4, 0.5) is 0 Å². The largest absolute Gasteiger partial charge is 0.374 e. The summed E-state index contributed by atoms with van der Waals surface area (Å²) in [5.74, 6) is 0. The molecule has 0 aromatic heterocycles. The lowest BCUT2D eigenvalue weighted by Crippen LogP contribution is -2.49. The van der Waals surface area contributed by atoms with Crippen LogP contribution in [0.2, 0.25) is 0 Å². The average Bonchev–Trinajstić information content (AvgIpc) is 2.76. The Hall–Kier alpha value is -0.0400. The molecule has 0 radical (unpaired) electrons. The zero-order valence-electron chi connectivity index (χ0n) is 21.6. The van der Waals surface area contributed by atoms with Gasteiger partial charge in [-0.2, -0.15) is 0 Å². The molecule has 1 nitrogen and oxygen atoms in total. The molecular weight excluding hydrogens is 352 g/mol. The average molecular weight is 411 g/mol. The Kier molecular flexibility index (Phi) is 18.7. The van der Waals surface area contributed by atoms with Gasteiger partial charge in [-0.05, 0) is 43.9 Å². The second-order valence-electron chi connectivity index (χ2n) is 9.53. The molecule has 0 amide bonds. The summed E-state index contributed by atoms with van der Waals surface area (Å²) in [5.41, 5.74) is 0.447. The molecule has 0 rings (SSSR count). The molecule has 0 saturated carbocycles. The van der Waals surface area contributed by atoms with Crippen molar-refractivity contribution < 1.29 is 4.74 Å². The van der Waals surface area contributed by atoms with E-state index in [1.54, 1.807) is 0 Å². The summed E-state index contributed by atoms with van der Waals surface area (Å²) in [4.78, 5) is 0. The molecule has 0 unspecified atom stereocenters. The highest BCUT2D eigenvalue weighted by Gasteiger charge is 2.46. The van der Waals surface area contributed by atoms with Crippen LogP contribution in [0.3, 0.4) is 0 Å². The molecule has 0 bridgehead atoms. The van der Waals surface area contributed by atoms with Crippen molar-refractivity contribution >= 4 is 0 Å². The predicted octanol–water partition coefficient (Wildman–Crippen LogP) is 10.3. The molecule has 29 heavy (non-hydrogen) atoms. The molecule has 0 atom stereocenters. The van der Waals surface area contributed by atoms with Crippen LogP contribution in [0, 0.1) is 5.41 Å². The maximum Gasteiger partial charge on any atom is 0.0733 e. The first-order valence-corrected chi connectivity index (χ1v) is 13.8. The number of unbranched alkanes of at least 4 members (excludes halogenated alkanes) is 12. The third-order valence-corrected chi connectivity index (χ3v) is 7.85. The maximum absolute atomic E-state index is 6.82. The van der Waals surface area contributed by atoms with Gasteiger partial charge in [-0.25, -0.2) is 0 Å². The van der Waals surface area contributed by atoms with Gasteiger partial charge in [-0.3, -0.25) is 0 Å². The Morgan fingerprint density at radius 3 is 1.28 bits per heavy atom. The highest BCUT2D eigenvalue weighted by atomic mass is 16.5. The van der Waals surface area contributed by atoms with Crippen molar-refractivity contribution in [3.8, 4) is 0 Å². The van der Waals surface area contributed by atoms with E-state index in [1.807, 2.05) is 0 Å². The van der Waals surface area contributed by atoms with Crippen LogP contribution in [0.15, 0.2) is 0 Å². The summed E-state index contributed by atoms with van der Waals surface area (Å²) in [6.45, 7) is 15.1. The van der Waals surface area contributed by atoms with Crippen LogP contribution in [-0.4, -0.2) is 12.2 Å². The maximum atomic E-state index is 6.82. The lowest BCUT2D eigenvalue weighted by atomic mass is 9.62. The second kappa shape index (κ2) is 18.7. The van der Waals surface area contributed by atoms with E-state index in [9.17, 15) is 0 Å². The van der Waals surface area contributed by atoms with E-state index in [2.05, 4.69) is 41.5 Å². The van der Waals surface area contributed by atoms with Crippen molar-refractivity contribution in [2.24, 2.45) is 5.41 Å². The Labute approximate surface area is 186 Å². The minimum atomic E-state index is 0.0844. The number of ether oxygens (including phenoxy) is 1. The summed E-state index contributed by atoms with van der Waals surface area (Å²) < 4.78 is 6.82. The topological polar surface area (TPSA) is 9.23 Å². The first-order valence-electron chi connectivity index (χ1n) is 13.8. The van der Waals surface area contributed by atoms with Gasteiger partial charge >= 0.3 is 0 Å². The van der Waals surface area contributed by atoms with E-state index in [0.29, 0.717) is 5.41 Å². The second-order valence-corrected chi connectivity index (χ2v) is 9.53. The predicted molar refractivity (Wildman–Crippen MR) is 133 cm³/mol. The molecule has 0 aromatic rings. The third kappa shape index (κ3) is 10.7. The van der Waals surface area contributed by atoms with Gasteiger partial charge in [0.05, 0.1) is 5.60 Å². The highest BCUT2D eigenvalue weighted by Crippen LogP contribution is 2.49. The van der Waals surface area contributed by atoms with Gasteiger partial charge in [0.15, 0.2) is 0 Å². The van der Waals surface area contributed by atoms with Crippen LogP contribution in [0.1, 0.15) is 164 Å². The van der Waals surface area contributed by atoms with Gasteiger partial charge in [-0.15, -0.1) is 0 Å². The lowest BCUT2D eigenvalue weighted by molar-refractivity contribution is -0.151. The zero-order chi connectivity index (χ0) is 21.8. The molecule has 0 aliphatic carbocycles. The van der Waals surface area contributed by atoms with Gasteiger partial charge in [0.25, 0.3) is 0 Å². The highest BCUT2D eigenvalue weighted by molar-refractivity contribution is 4.97. The van der Waals surface area contributed by atoms with Crippen molar-refractivity contribution in [1.82, 2.24) is 0 Å². The Morgan fingerprint density at radius 1 is 0.448 bits per heavy atom. The van der Waals surface area contributed by atoms with Gasteiger partial charge in [-0.1, -0.05) is 125 Å². The molecule has 0 aliphatic rings. The third-order valence-electron chi connectivity index (χ3n) is 7.85. The summed E-state index contributed by atoms with van der Waals surface area (Å²) in [6.07, 6.45) is 25.6. The lowest BCUT2D eigenvalue weighted by Gasteiger charge is -2.50. The molecule has 0 saturated heterocycles. The quantitative estimate of drug-likeness (QED) is 0.161. The molecule has 0 spiro atoms. The van der Waals surface area contributed by atoms with Gasteiger partial charge in [0.2, 0.25) is 0 Å². The van der Waals surface area contributed by atoms with Crippen LogP contribution >= 0.6 is 0 Å². The van der Waals surface area contributed by atoms with Gasteiger partial charge in [0.1, 0.15) is 0 Å². The van der Waals surface area contributed by atoms with E-state index in [0.717, 1.165) is 19.4 Å². The van der Waals surface area contributed by atoms with Crippen molar-refractivity contribution in [2.45, 2.75) is 169 Å². The number of hydrogen-bond acceptors (Lipinski definition) is 1. The zero-order valence-corrected chi connectivity index (χ0v) is 21.6. The standard InChI is InChI=1S/C28H58O/c1-7-13-15-17-19-20-22-24-26-29-28(11-5,12-6)27(9-3,10-4)25-23-21-18-16-14-8-2/h7-26H2,1-6H3. The van der Waals surface area contributed by atoms with Crippen LogP contribution in [0.25, 0.3) is 0 Å². The monoisotopic (exact) mass is 410 g/mol. The van der Waals surface area contributed by atoms with E-state index >= 15 is 0 Å². The fourth-order valence-corrected chi connectivity index (χ4v) is 5.58. The van der Waals surface area contributed by atoms with Crippen molar-refractivity contribution in [1.29, 1.82) is 0 Å². The molecule has 0 N–H and O–H groups in total. The SMILES string of the molecule is CCCCCCCCCCOC(CC)(CC)C(CC)(CC)CCCCCCCC. The molecule has 0 heterocycles. The molecular formula is C28H58O. The molecule has 1 heteroatoms. The smallest absolute Gasteiger partial charge is 0.0733 e. The van der Waals surface area contributed by atoms with Crippen molar-refractivity contribution in [3.63, 3.8) is 0 Å².